The van der Waals surface area contributed by atoms with E-state index in [0.717, 1.165) is 60.4 Å². The third-order valence-corrected chi connectivity index (χ3v) is 6.43. The van der Waals surface area contributed by atoms with E-state index in [9.17, 15) is 4.79 Å². The number of hydrogen-bond donors (Lipinski definition) is 1. The summed E-state index contributed by atoms with van der Waals surface area (Å²) < 4.78 is 7.89. The highest BCUT2D eigenvalue weighted by atomic mass is 16.5. The van der Waals surface area contributed by atoms with E-state index in [1.807, 2.05) is 71.1 Å². The number of amides is 1. The molecule has 180 valence electrons. The van der Waals surface area contributed by atoms with E-state index in [2.05, 4.69) is 9.97 Å². The van der Waals surface area contributed by atoms with Crippen LogP contribution in [-0.2, 0) is 4.79 Å². The van der Waals surface area contributed by atoms with Gasteiger partial charge in [0.05, 0.1) is 11.4 Å². The molecule has 8 nitrogen and oxygen atoms in total. The lowest BCUT2D eigenvalue weighted by atomic mass is 10.1. The van der Waals surface area contributed by atoms with Gasteiger partial charge in [0.25, 0.3) is 0 Å². The van der Waals surface area contributed by atoms with Gasteiger partial charge in [-0.25, -0.2) is 14.6 Å². The molecule has 2 aromatic heterocycles. The van der Waals surface area contributed by atoms with Gasteiger partial charge in [0, 0.05) is 25.1 Å². The monoisotopic (exact) mass is 470 g/mol. The van der Waals surface area contributed by atoms with Crippen LogP contribution in [0, 0.1) is 0 Å². The molecule has 1 unspecified atom stereocenters. The largest absolute Gasteiger partial charge is 0.457 e. The Morgan fingerprint density at radius 1 is 1.06 bits per heavy atom. The molecule has 0 aliphatic carbocycles. The number of nitrogens with two attached hydrogens (primary N) is 1. The van der Waals surface area contributed by atoms with Crippen LogP contribution < -0.4 is 10.5 Å². The van der Waals surface area contributed by atoms with Gasteiger partial charge >= 0.3 is 0 Å². The predicted octanol–water partition coefficient (Wildman–Crippen LogP) is 5.22. The van der Waals surface area contributed by atoms with E-state index in [-0.39, 0.29) is 11.9 Å². The first-order valence-corrected chi connectivity index (χ1v) is 12.2. The highest BCUT2D eigenvalue weighted by Crippen LogP contribution is 2.34. The van der Waals surface area contributed by atoms with Gasteiger partial charge in [0.1, 0.15) is 29.3 Å². The zero-order valence-electron chi connectivity index (χ0n) is 19.9. The molecule has 0 spiro atoms. The van der Waals surface area contributed by atoms with E-state index in [1.165, 1.54) is 6.33 Å². The van der Waals surface area contributed by atoms with Gasteiger partial charge in [0.2, 0.25) is 5.91 Å². The summed E-state index contributed by atoms with van der Waals surface area (Å²) in [5.74, 6) is 2.12. The standard InChI is InChI=1S/C27H30N6O2/c1-2-8-23(34)32-16-7-6-9-20(17-32)33-27-24(26(28)29-18-30-27)25(31-33)19-12-14-22(15-13-19)35-21-10-4-3-5-11-21/h3-5,10-15,18,20H,2,6-9,16-17H2,1H3,(H2,28,29,30). The molecule has 1 aliphatic rings. The number of hydrogen-bond acceptors (Lipinski definition) is 6. The van der Waals surface area contributed by atoms with Crippen LogP contribution in [0.1, 0.15) is 45.1 Å². The number of benzene rings is 2. The van der Waals surface area contributed by atoms with Crippen LogP contribution in [0.15, 0.2) is 60.9 Å². The Morgan fingerprint density at radius 2 is 1.83 bits per heavy atom. The number of ether oxygens (including phenoxy) is 1. The Labute approximate surface area is 204 Å². The van der Waals surface area contributed by atoms with Crippen LogP contribution in [-0.4, -0.2) is 43.6 Å². The minimum absolute atomic E-state index is 0.0320. The maximum atomic E-state index is 12.7. The highest BCUT2D eigenvalue weighted by molar-refractivity contribution is 5.98. The van der Waals surface area contributed by atoms with Crippen LogP contribution in [0.5, 0.6) is 11.5 Å². The Morgan fingerprint density at radius 3 is 2.60 bits per heavy atom. The number of anilines is 1. The first-order chi connectivity index (χ1) is 17.1. The number of fused-ring (bicyclic) bond motifs is 1. The predicted molar refractivity (Wildman–Crippen MR) is 136 cm³/mol. The topological polar surface area (TPSA) is 99.2 Å². The van der Waals surface area contributed by atoms with Crippen LogP contribution in [0.25, 0.3) is 22.3 Å². The van der Waals surface area contributed by atoms with Crippen molar-refractivity contribution >= 4 is 22.8 Å². The first kappa shape index (κ1) is 22.8. The van der Waals surface area contributed by atoms with Crippen LogP contribution >= 0.6 is 0 Å². The molecule has 1 aliphatic heterocycles. The van der Waals surface area contributed by atoms with Crippen molar-refractivity contribution in [3.63, 3.8) is 0 Å². The molecule has 1 atom stereocenters. The van der Waals surface area contributed by atoms with Crippen molar-refractivity contribution in [2.24, 2.45) is 0 Å². The summed E-state index contributed by atoms with van der Waals surface area (Å²) in [4.78, 5) is 23.4. The van der Waals surface area contributed by atoms with Gasteiger partial charge in [-0.15, -0.1) is 0 Å². The van der Waals surface area contributed by atoms with E-state index >= 15 is 0 Å². The summed E-state index contributed by atoms with van der Waals surface area (Å²) in [5.41, 5.74) is 8.66. The smallest absolute Gasteiger partial charge is 0.222 e. The molecule has 35 heavy (non-hydrogen) atoms. The number of likely N-dealkylation sites (tertiary alicyclic amines) is 1. The number of aromatic nitrogens is 4. The van der Waals surface area contributed by atoms with Crippen molar-refractivity contribution < 1.29 is 9.53 Å². The number of nitrogen functional groups attached to an aromatic ring is 1. The Hall–Kier alpha value is -3.94. The number of carbonyl (C=O) groups is 1. The molecule has 0 saturated carbocycles. The van der Waals surface area contributed by atoms with E-state index in [4.69, 9.17) is 15.6 Å². The van der Waals surface area contributed by atoms with Crippen molar-refractivity contribution in [3.8, 4) is 22.8 Å². The van der Waals surface area contributed by atoms with Crippen molar-refractivity contribution in [1.82, 2.24) is 24.6 Å². The molecule has 1 fully saturated rings. The summed E-state index contributed by atoms with van der Waals surface area (Å²) in [5, 5.41) is 5.73. The molecule has 8 heteroatoms. The summed E-state index contributed by atoms with van der Waals surface area (Å²) in [7, 11) is 0. The fraction of sp³-hybridized carbons (Fsp3) is 0.333. The van der Waals surface area contributed by atoms with Crippen LogP contribution in [0.2, 0.25) is 0 Å². The highest BCUT2D eigenvalue weighted by Gasteiger charge is 2.27. The molecular weight excluding hydrogens is 440 g/mol. The second-order valence-corrected chi connectivity index (χ2v) is 8.93. The number of rotatable bonds is 6. The third kappa shape index (κ3) is 4.82. The maximum Gasteiger partial charge on any atom is 0.222 e. The van der Waals surface area contributed by atoms with Crippen molar-refractivity contribution in [2.45, 2.75) is 45.1 Å². The van der Waals surface area contributed by atoms with Crippen molar-refractivity contribution in [3.05, 3.63) is 60.9 Å². The number of carbonyl (C=O) groups excluding carboxylic acids is 1. The van der Waals surface area contributed by atoms with Crippen molar-refractivity contribution in [1.29, 1.82) is 0 Å². The second kappa shape index (κ2) is 10.1. The maximum absolute atomic E-state index is 12.7. The fourth-order valence-corrected chi connectivity index (χ4v) is 4.68. The fourth-order valence-electron chi connectivity index (χ4n) is 4.68. The normalized spacial score (nSPS) is 16.3. The van der Waals surface area contributed by atoms with Gasteiger partial charge in [-0.2, -0.15) is 5.10 Å². The van der Waals surface area contributed by atoms with E-state index in [0.29, 0.717) is 24.4 Å². The lowest BCUT2D eigenvalue weighted by Crippen LogP contribution is -2.35. The molecule has 2 N–H and O–H groups in total. The molecule has 3 heterocycles. The summed E-state index contributed by atoms with van der Waals surface area (Å²) >= 11 is 0. The van der Waals surface area contributed by atoms with Gasteiger partial charge in [-0.3, -0.25) is 4.79 Å². The molecular formula is C27H30N6O2. The molecule has 0 bridgehead atoms. The van der Waals surface area contributed by atoms with Gasteiger partial charge in [0.15, 0.2) is 5.65 Å². The zero-order chi connectivity index (χ0) is 24.2. The summed E-state index contributed by atoms with van der Waals surface area (Å²) in [6.07, 6.45) is 5.86. The molecule has 4 aromatic rings. The average molecular weight is 471 g/mol. The Bertz CT molecular complexity index is 1300. The Kier molecular flexibility index (Phi) is 6.61. The summed E-state index contributed by atoms with van der Waals surface area (Å²) in [6.45, 7) is 3.46. The number of para-hydroxylation sites is 1. The average Bonchev–Trinajstić information content (AvgIpc) is 3.10. The van der Waals surface area contributed by atoms with Crippen LogP contribution in [0.3, 0.4) is 0 Å². The van der Waals surface area contributed by atoms with Crippen molar-refractivity contribution in [2.75, 3.05) is 18.8 Å². The minimum atomic E-state index is 0.0320. The molecule has 1 saturated heterocycles. The molecule has 1 amide bonds. The first-order valence-electron chi connectivity index (χ1n) is 12.2. The third-order valence-electron chi connectivity index (χ3n) is 6.43. The van der Waals surface area contributed by atoms with Crippen LogP contribution in [0.4, 0.5) is 5.82 Å². The zero-order valence-corrected chi connectivity index (χ0v) is 19.9. The SMILES string of the molecule is CCCC(=O)N1CCCCC(n2nc(-c3ccc(Oc4ccccc4)cc3)c3c(N)ncnc32)C1. The van der Waals surface area contributed by atoms with E-state index in [1.54, 1.807) is 0 Å². The quantitative estimate of drug-likeness (QED) is 0.415. The van der Waals surface area contributed by atoms with Gasteiger partial charge in [-0.05, 0) is 62.1 Å². The second-order valence-electron chi connectivity index (χ2n) is 8.93. The lowest BCUT2D eigenvalue weighted by Gasteiger charge is -2.25. The lowest BCUT2D eigenvalue weighted by molar-refractivity contribution is -0.131. The van der Waals surface area contributed by atoms with Gasteiger partial charge < -0.3 is 15.4 Å². The molecule has 0 radical (unpaired) electrons. The molecule has 2 aromatic carbocycles. The number of nitrogens with zero attached hydrogens (tertiary/aromatic N) is 5. The van der Waals surface area contributed by atoms with Gasteiger partial charge in [-0.1, -0.05) is 25.1 Å². The minimum Gasteiger partial charge on any atom is -0.457 e. The van der Waals surface area contributed by atoms with E-state index < -0.39 is 0 Å². The summed E-state index contributed by atoms with van der Waals surface area (Å²) in [6, 6.07) is 17.5. The molecule has 5 rings (SSSR count). The Balaban J connectivity index is 1.49.